The fourth-order valence-corrected chi connectivity index (χ4v) is 6.27. The Morgan fingerprint density at radius 1 is 1.16 bits per heavy atom. The first kappa shape index (κ1) is 26.9. The maximum absolute atomic E-state index is 12.2. The number of nitrogens with zero attached hydrogens (tertiary/aromatic N) is 4. The molecule has 13 heteroatoms. The lowest BCUT2D eigenvalue weighted by atomic mass is 9.96. The molecule has 0 aliphatic carbocycles. The van der Waals surface area contributed by atoms with Crippen molar-refractivity contribution in [2.75, 3.05) is 34.8 Å². The third-order valence-corrected chi connectivity index (χ3v) is 8.58. The van der Waals surface area contributed by atoms with E-state index in [4.69, 9.17) is 15.8 Å². The van der Waals surface area contributed by atoms with Crippen molar-refractivity contribution in [2.45, 2.75) is 57.4 Å². The zero-order valence-corrected chi connectivity index (χ0v) is 21.9. The minimum atomic E-state index is -2.50. The van der Waals surface area contributed by atoms with Crippen LogP contribution < -0.4 is 21.3 Å². The third kappa shape index (κ3) is 6.79. The molecule has 0 aromatic carbocycles. The van der Waals surface area contributed by atoms with Crippen molar-refractivity contribution >= 4 is 40.0 Å². The highest BCUT2D eigenvalue weighted by Crippen LogP contribution is 2.48. The number of nitrogens with one attached hydrogen (secondary N) is 2. The molecule has 2 aromatic rings. The van der Waals surface area contributed by atoms with Crippen LogP contribution in [0.5, 0.6) is 0 Å². The molecule has 2 amide bonds. The van der Waals surface area contributed by atoms with Crippen LogP contribution in [-0.4, -0.2) is 71.8 Å². The summed E-state index contributed by atoms with van der Waals surface area (Å²) in [6.45, 7) is 5.16. The quantitative estimate of drug-likeness (QED) is 0.306. The lowest BCUT2D eigenvalue weighted by Gasteiger charge is -2.39. The minimum absolute atomic E-state index is 0.0998. The molecular formula is C24H35N7O5S. The molecule has 0 radical (unpaired) electrons. The van der Waals surface area contributed by atoms with Crippen molar-refractivity contribution in [3.05, 3.63) is 35.3 Å². The number of carbonyl (C=O) groups excluding carboxylic acids is 1. The number of rotatable bonds is 7. The molecule has 0 unspecified atom stereocenters. The summed E-state index contributed by atoms with van der Waals surface area (Å²) < 4.78 is 20.0. The summed E-state index contributed by atoms with van der Waals surface area (Å²) >= 11 is 0. The fourth-order valence-electron chi connectivity index (χ4n) is 4.74. The molecule has 4 rings (SSSR count). The van der Waals surface area contributed by atoms with Crippen LogP contribution in [0.4, 0.5) is 22.2 Å². The number of pyridine rings is 1. The van der Waals surface area contributed by atoms with Crippen LogP contribution in [0.1, 0.15) is 73.1 Å². The molecule has 7 N–H and O–H groups in total. The van der Waals surface area contributed by atoms with Crippen molar-refractivity contribution in [3.8, 4) is 0 Å². The second-order valence-electron chi connectivity index (χ2n) is 10.0. The van der Waals surface area contributed by atoms with Crippen molar-refractivity contribution in [1.82, 2.24) is 20.3 Å². The van der Waals surface area contributed by atoms with Gasteiger partial charge in [0.2, 0.25) is 5.95 Å². The highest BCUT2D eigenvalue weighted by Gasteiger charge is 2.28. The highest BCUT2D eigenvalue weighted by molar-refractivity contribution is 8.24. The number of piperidine rings is 1. The van der Waals surface area contributed by atoms with Gasteiger partial charge >= 0.3 is 6.09 Å². The second kappa shape index (κ2) is 11.1. The Hall–Kier alpha value is -3.16. The Bertz CT molecular complexity index is 1150. The monoisotopic (exact) mass is 533 g/mol. The average Bonchev–Trinajstić information content (AvgIpc) is 2.83. The predicted molar refractivity (Wildman–Crippen MR) is 143 cm³/mol. The summed E-state index contributed by atoms with van der Waals surface area (Å²) in [4.78, 5) is 38.9. The molecule has 1 atom stereocenters. The van der Waals surface area contributed by atoms with Crippen molar-refractivity contribution in [1.29, 1.82) is 0 Å². The van der Waals surface area contributed by atoms with E-state index in [1.165, 1.54) is 6.20 Å². The number of hydrogen-bond donors (Lipinski definition) is 6. The Morgan fingerprint density at radius 2 is 1.89 bits per heavy atom. The molecule has 2 aromatic heterocycles. The van der Waals surface area contributed by atoms with Crippen LogP contribution in [0.15, 0.2) is 18.3 Å². The number of amides is 2. The molecule has 0 spiro atoms. The van der Waals surface area contributed by atoms with Gasteiger partial charge in [0.1, 0.15) is 11.4 Å². The molecule has 2 fully saturated rings. The summed E-state index contributed by atoms with van der Waals surface area (Å²) in [7, 11) is -2.50. The number of aromatic nitrogens is 3. The van der Waals surface area contributed by atoms with Gasteiger partial charge in [0.25, 0.3) is 5.91 Å². The van der Waals surface area contributed by atoms with Crippen molar-refractivity contribution in [3.63, 3.8) is 0 Å². The highest BCUT2D eigenvalue weighted by atomic mass is 32.3. The zero-order chi connectivity index (χ0) is 26.7. The van der Waals surface area contributed by atoms with E-state index in [1.807, 2.05) is 30.9 Å². The van der Waals surface area contributed by atoms with E-state index in [0.717, 1.165) is 24.2 Å². The van der Waals surface area contributed by atoms with Gasteiger partial charge in [-0.15, -0.1) is 0 Å². The number of anilines is 3. The maximum atomic E-state index is 12.2. The topological polar surface area (TPSA) is 187 Å². The van der Waals surface area contributed by atoms with Gasteiger partial charge in [-0.25, -0.2) is 9.78 Å². The lowest BCUT2D eigenvalue weighted by molar-refractivity contribution is 0.100. The zero-order valence-electron chi connectivity index (χ0n) is 21.1. The van der Waals surface area contributed by atoms with E-state index >= 15 is 0 Å². The maximum Gasteiger partial charge on any atom is 0.404 e. The molecule has 4 heterocycles. The first-order valence-corrected chi connectivity index (χ1v) is 14.3. The van der Waals surface area contributed by atoms with Gasteiger partial charge in [0.15, 0.2) is 0 Å². The van der Waals surface area contributed by atoms with Gasteiger partial charge in [-0.3, -0.25) is 18.9 Å². The van der Waals surface area contributed by atoms with Gasteiger partial charge in [-0.1, -0.05) is 13.8 Å². The molecule has 12 nitrogen and oxygen atoms in total. The van der Waals surface area contributed by atoms with Gasteiger partial charge < -0.3 is 26.4 Å². The van der Waals surface area contributed by atoms with E-state index in [1.54, 1.807) is 0 Å². The van der Waals surface area contributed by atoms with Crippen LogP contribution in [0.25, 0.3) is 0 Å². The van der Waals surface area contributed by atoms with Crippen LogP contribution in [0.2, 0.25) is 0 Å². The molecular weight excluding hydrogens is 498 g/mol. The average molecular weight is 534 g/mol. The van der Waals surface area contributed by atoms with Gasteiger partial charge in [0, 0.05) is 59.8 Å². The van der Waals surface area contributed by atoms with Crippen LogP contribution >= 0.6 is 10.6 Å². The number of carbonyl (C=O) groups is 2. The van der Waals surface area contributed by atoms with Crippen molar-refractivity contribution in [2.24, 2.45) is 5.73 Å². The van der Waals surface area contributed by atoms with Crippen LogP contribution in [0.3, 0.4) is 0 Å². The normalized spacial score (nSPS) is 20.9. The number of primary amides is 1. The van der Waals surface area contributed by atoms with E-state index in [-0.39, 0.29) is 29.3 Å². The SMILES string of the molecule is CC(C)c1cc(Nc2nc(N3CCC[C@H](NC(=O)O)C3)ncc2C(N)=O)cc(C2CCS(O)(O)CC2)n1. The molecule has 2 aliphatic heterocycles. The second-order valence-corrected chi connectivity index (χ2v) is 12.4. The standard InChI is InChI=1S/C24H35N7O5S/c1-14(2)19-10-17(11-20(29-19)15-5-8-37(35,36)9-6-15)27-22-18(21(25)32)12-26-23(30-22)31-7-3-4-16(13-31)28-24(33)34/h10-12,14-16,28,35-36H,3-9,13H2,1-2H3,(H2,25,32)(H,33,34)(H,26,27,29,30)/t16-/m0/s1. The Morgan fingerprint density at radius 3 is 2.54 bits per heavy atom. The predicted octanol–water partition coefficient (Wildman–Crippen LogP) is 3.70. The molecule has 0 saturated carbocycles. The van der Waals surface area contributed by atoms with Crippen LogP contribution in [0, 0.1) is 0 Å². The number of nitrogens with two attached hydrogens (primary N) is 1. The summed E-state index contributed by atoms with van der Waals surface area (Å²) in [6.07, 6.45) is 3.09. The Labute approximate surface area is 217 Å². The first-order chi connectivity index (χ1) is 17.5. The molecule has 37 heavy (non-hydrogen) atoms. The Balaban J connectivity index is 1.63. The van der Waals surface area contributed by atoms with E-state index in [0.29, 0.717) is 49.1 Å². The minimum Gasteiger partial charge on any atom is -0.465 e. The smallest absolute Gasteiger partial charge is 0.404 e. The van der Waals surface area contributed by atoms with Crippen LogP contribution in [-0.2, 0) is 0 Å². The fraction of sp³-hybridized carbons (Fsp3) is 0.542. The van der Waals surface area contributed by atoms with E-state index in [2.05, 4.69) is 20.6 Å². The molecule has 0 bridgehead atoms. The third-order valence-electron chi connectivity index (χ3n) is 6.80. The van der Waals surface area contributed by atoms with Crippen molar-refractivity contribution < 1.29 is 23.8 Å². The molecule has 2 saturated heterocycles. The molecule has 202 valence electrons. The summed E-state index contributed by atoms with van der Waals surface area (Å²) in [5, 5.41) is 14.8. The first-order valence-electron chi connectivity index (χ1n) is 12.4. The van der Waals surface area contributed by atoms with Gasteiger partial charge in [-0.2, -0.15) is 15.6 Å². The largest absolute Gasteiger partial charge is 0.465 e. The lowest BCUT2D eigenvalue weighted by Crippen LogP contribution is -2.48. The molecule has 2 aliphatic rings. The number of carboxylic acid groups (broad SMARTS) is 1. The summed E-state index contributed by atoms with van der Waals surface area (Å²) in [5.41, 5.74) is 8.18. The summed E-state index contributed by atoms with van der Waals surface area (Å²) in [6, 6.07) is 3.58. The Kier molecular flexibility index (Phi) is 8.05. The van der Waals surface area contributed by atoms with Gasteiger partial charge in [-0.05, 0) is 43.7 Å². The summed E-state index contributed by atoms with van der Waals surface area (Å²) in [5.74, 6) is 0.936. The van der Waals surface area contributed by atoms with Gasteiger partial charge in [0.05, 0.1) is 0 Å². The van der Waals surface area contributed by atoms with E-state index < -0.39 is 22.6 Å². The van der Waals surface area contributed by atoms with E-state index in [9.17, 15) is 18.7 Å². The number of hydrogen-bond acceptors (Lipinski definition) is 9.